The largest absolute Gasteiger partial charge is 0.352 e. The quantitative estimate of drug-likeness (QED) is 0.817. The predicted octanol–water partition coefficient (Wildman–Crippen LogP) is 2.29. The van der Waals surface area contributed by atoms with E-state index in [-0.39, 0.29) is 11.3 Å². The molecule has 1 heterocycles. The van der Waals surface area contributed by atoms with E-state index in [4.69, 9.17) is 0 Å². The van der Waals surface area contributed by atoms with Gasteiger partial charge in [0.05, 0.1) is 17.6 Å². The van der Waals surface area contributed by atoms with Crippen molar-refractivity contribution in [3.05, 3.63) is 41.7 Å². The van der Waals surface area contributed by atoms with Crippen molar-refractivity contribution in [3.63, 3.8) is 0 Å². The molecule has 0 aliphatic heterocycles. The third kappa shape index (κ3) is 4.20. The summed E-state index contributed by atoms with van der Waals surface area (Å²) in [5.41, 5.74) is 2.53. The highest BCUT2D eigenvalue weighted by Crippen LogP contribution is 2.26. The fraction of sp³-hybridized carbons (Fsp3) is 0.500. The van der Waals surface area contributed by atoms with E-state index in [1.54, 1.807) is 4.68 Å². The number of carbonyl (C=O) groups is 1. The average molecular weight is 329 g/mol. The van der Waals surface area contributed by atoms with E-state index in [1.165, 1.54) is 0 Å². The van der Waals surface area contributed by atoms with Crippen molar-refractivity contribution < 1.29 is 4.79 Å². The summed E-state index contributed by atoms with van der Waals surface area (Å²) in [4.78, 5) is 12.3. The number of nitrogens with one attached hydrogen (secondary N) is 2. The van der Waals surface area contributed by atoms with E-state index in [0.717, 1.165) is 16.9 Å². The Hall–Kier alpha value is -2.21. The Bertz CT molecular complexity index is 673. The van der Waals surface area contributed by atoms with Crippen LogP contribution in [0, 0.1) is 11.3 Å². The van der Waals surface area contributed by atoms with Crippen LogP contribution in [0.15, 0.2) is 30.5 Å². The number of carbonyl (C=O) groups excluding carboxylic acids is 1. The Morgan fingerprint density at radius 3 is 2.46 bits per heavy atom. The maximum absolute atomic E-state index is 12.3. The molecule has 0 saturated heterocycles. The molecule has 0 aliphatic rings. The minimum Gasteiger partial charge on any atom is -0.352 e. The topological polar surface area (TPSA) is 71.8 Å². The fourth-order valence-electron chi connectivity index (χ4n) is 2.13. The van der Waals surface area contributed by atoms with Crippen LogP contribution in [0.2, 0.25) is 0 Å². The third-order valence-corrected chi connectivity index (χ3v) is 4.58. The molecule has 0 spiro atoms. The highest BCUT2D eigenvalue weighted by Gasteiger charge is 2.30. The average Bonchev–Trinajstić information content (AvgIpc) is 3.02. The van der Waals surface area contributed by atoms with Gasteiger partial charge in [0.15, 0.2) is 0 Å². The van der Waals surface area contributed by atoms with Gasteiger partial charge in [0.25, 0.3) is 0 Å². The van der Waals surface area contributed by atoms with Crippen molar-refractivity contribution in [3.8, 4) is 5.69 Å². The summed E-state index contributed by atoms with van der Waals surface area (Å²) in [6.45, 7) is 9.30. The van der Waals surface area contributed by atoms with Gasteiger partial charge in [0.2, 0.25) is 5.91 Å². The molecule has 0 saturated carbocycles. The zero-order valence-electron chi connectivity index (χ0n) is 15.1. The summed E-state index contributed by atoms with van der Waals surface area (Å²) < 4.78 is 1.75. The molecule has 0 radical (unpaired) electrons. The molecule has 0 aliphatic carbocycles. The van der Waals surface area contributed by atoms with Crippen LogP contribution < -0.4 is 10.6 Å². The SMILES string of the molecule is CNCc1cn(-c2ccc(CNC(=O)C(C)(C)C(C)C)cc2)nn1. The molecule has 0 unspecified atom stereocenters. The molecule has 6 nitrogen and oxygen atoms in total. The van der Waals surface area contributed by atoms with Crippen molar-refractivity contribution in [1.82, 2.24) is 25.6 Å². The van der Waals surface area contributed by atoms with Gasteiger partial charge in [-0.25, -0.2) is 4.68 Å². The molecule has 6 heteroatoms. The smallest absolute Gasteiger partial charge is 0.226 e. The number of nitrogens with zero attached hydrogens (tertiary/aromatic N) is 3. The van der Waals surface area contributed by atoms with Crippen LogP contribution >= 0.6 is 0 Å². The molecule has 0 atom stereocenters. The molecule has 130 valence electrons. The molecular formula is C18H27N5O. The first kappa shape index (κ1) is 18.1. The van der Waals surface area contributed by atoms with Gasteiger partial charge >= 0.3 is 0 Å². The van der Waals surface area contributed by atoms with E-state index in [2.05, 4.69) is 34.8 Å². The molecular weight excluding hydrogens is 302 g/mol. The number of hydrogen-bond acceptors (Lipinski definition) is 4. The Morgan fingerprint density at radius 1 is 1.21 bits per heavy atom. The van der Waals surface area contributed by atoms with E-state index < -0.39 is 0 Å². The van der Waals surface area contributed by atoms with Crippen LogP contribution in [0.1, 0.15) is 39.0 Å². The molecule has 1 amide bonds. The van der Waals surface area contributed by atoms with Crippen molar-refractivity contribution in [1.29, 1.82) is 0 Å². The van der Waals surface area contributed by atoms with Crippen molar-refractivity contribution >= 4 is 5.91 Å². The standard InChI is InChI=1S/C18H27N5O/c1-13(2)18(3,4)17(24)20-10-14-6-8-16(9-7-14)23-12-15(11-19-5)21-22-23/h6-9,12-13,19H,10-11H2,1-5H3,(H,20,24). The second-order valence-corrected chi connectivity index (χ2v) is 6.91. The maximum atomic E-state index is 12.3. The van der Waals surface area contributed by atoms with E-state index in [9.17, 15) is 4.79 Å². The first-order valence-electron chi connectivity index (χ1n) is 8.28. The molecule has 0 bridgehead atoms. The lowest BCUT2D eigenvalue weighted by Crippen LogP contribution is -2.39. The van der Waals surface area contributed by atoms with Crippen LogP contribution in [-0.4, -0.2) is 27.9 Å². The Balaban J connectivity index is 1.98. The first-order chi connectivity index (χ1) is 11.3. The summed E-state index contributed by atoms with van der Waals surface area (Å²) in [7, 11) is 1.88. The second-order valence-electron chi connectivity index (χ2n) is 6.91. The second kappa shape index (κ2) is 7.57. The number of aromatic nitrogens is 3. The number of benzene rings is 1. The van der Waals surface area contributed by atoms with E-state index in [1.807, 2.05) is 51.4 Å². The normalized spacial score (nSPS) is 11.8. The summed E-state index contributed by atoms with van der Waals surface area (Å²) in [6.07, 6.45) is 1.90. The third-order valence-electron chi connectivity index (χ3n) is 4.58. The summed E-state index contributed by atoms with van der Waals surface area (Å²) in [5, 5.41) is 14.3. The molecule has 0 fully saturated rings. The minimum absolute atomic E-state index is 0.0783. The molecule has 1 aromatic heterocycles. The van der Waals surface area contributed by atoms with Gasteiger partial charge < -0.3 is 10.6 Å². The maximum Gasteiger partial charge on any atom is 0.226 e. The Labute approximate surface area is 143 Å². The van der Waals surface area contributed by atoms with Gasteiger partial charge in [-0.2, -0.15) is 0 Å². The van der Waals surface area contributed by atoms with Crippen molar-refractivity contribution in [2.75, 3.05) is 7.05 Å². The number of amides is 1. The lowest BCUT2D eigenvalue weighted by Gasteiger charge is -2.27. The van der Waals surface area contributed by atoms with Gasteiger partial charge in [-0.3, -0.25) is 4.79 Å². The highest BCUT2D eigenvalue weighted by atomic mass is 16.2. The molecule has 2 rings (SSSR count). The molecule has 2 N–H and O–H groups in total. The Morgan fingerprint density at radius 2 is 1.88 bits per heavy atom. The van der Waals surface area contributed by atoms with Crippen LogP contribution in [0.4, 0.5) is 0 Å². The highest BCUT2D eigenvalue weighted by molar-refractivity contribution is 5.82. The van der Waals surface area contributed by atoms with Crippen LogP contribution in [0.25, 0.3) is 5.69 Å². The van der Waals surface area contributed by atoms with Crippen LogP contribution in [0.5, 0.6) is 0 Å². The van der Waals surface area contributed by atoms with E-state index >= 15 is 0 Å². The molecule has 2 aromatic rings. The van der Waals surface area contributed by atoms with Crippen LogP contribution in [-0.2, 0) is 17.9 Å². The Kier molecular flexibility index (Phi) is 5.72. The number of hydrogen-bond donors (Lipinski definition) is 2. The van der Waals surface area contributed by atoms with Gasteiger partial charge in [0, 0.05) is 18.5 Å². The lowest BCUT2D eigenvalue weighted by molar-refractivity contribution is -0.131. The fourth-order valence-corrected chi connectivity index (χ4v) is 2.13. The van der Waals surface area contributed by atoms with Crippen molar-refractivity contribution in [2.45, 2.75) is 40.8 Å². The zero-order valence-corrected chi connectivity index (χ0v) is 15.1. The monoisotopic (exact) mass is 329 g/mol. The summed E-state index contributed by atoms with van der Waals surface area (Å²) in [6, 6.07) is 7.95. The van der Waals surface area contributed by atoms with Gasteiger partial charge in [0.1, 0.15) is 0 Å². The zero-order chi connectivity index (χ0) is 17.7. The first-order valence-corrected chi connectivity index (χ1v) is 8.28. The molecule has 24 heavy (non-hydrogen) atoms. The van der Waals surface area contributed by atoms with Gasteiger partial charge in [-0.05, 0) is 30.7 Å². The number of rotatable bonds is 7. The molecule has 1 aromatic carbocycles. The summed E-state index contributed by atoms with van der Waals surface area (Å²) in [5.74, 6) is 0.369. The van der Waals surface area contributed by atoms with Gasteiger partial charge in [-0.1, -0.05) is 45.0 Å². The lowest BCUT2D eigenvalue weighted by atomic mass is 9.80. The summed E-state index contributed by atoms with van der Waals surface area (Å²) >= 11 is 0. The predicted molar refractivity (Wildman–Crippen MR) is 94.6 cm³/mol. The van der Waals surface area contributed by atoms with Crippen molar-refractivity contribution in [2.24, 2.45) is 11.3 Å². The van der Waals surface area contributed by atoms with Gasteiger partial charge in [-0.15, -0.1) is 5.10 Å². The van der Waals surface area contributed by atoms with Crippen LogP contribution in [0.3, 0.4) is 0 Å². The van der Waals surface area contributed by atoms with E-state index in [0.29, 0.717) is 19.0 Å². The minimum atomic E-state index is -0.371.